The Morgan fingerprint density at radius 2 is 2.13 bits per heavy atom. The van der Waals surface area contributed by atoms with Crippen LogP contribution in [0.1, 0.15) is 41.9 Å². The van der Waals surface area contributed by atoms with Crippen molar-refractivity contribution in [1.29, 1.82) is 0 Å². The van der Waals surface area contributed by atoms with E-state index >= 15 is 0 Å². The van der Waals surface area contributed by atoms with Gasteiger partial charge in [-0.1, -0.05) is 12.1 Å². The fourth-order valence-corrected chi connectivity index (χ4v) is 2.96. The number of rotatable bonds is 3. The van der Waals surface area contributed by atoms with E-state index in [1.165, 1.54) is 0 Å². The van der Waals surface area contributed by atoms with Gasteiger partial charge in [0.2, 0.25) is 11.8 Å². The van der Waals surface area contributed by atoms with Gasteiger partial charge < -0.3 is 10.6 Å². The number of hydrogen-bond acceptors (Lipinski definition) is 4. The molecule has 0 unspecified atom stereocenters. The first-order chi connectivity index (χ1) is 11.1. The summed E-state index contributed by atoms with van der Waals surface area (Å²) in [5.74, 6) is 0.103. The van der Waals surface area contributed by atoms with Crippen LogP contribution in [0, 0.1) is 0 Å². The molecule has 2 heterocycles. The smallest absolute Gasteiger partial charge is 0.248 e. The number of primary amides is 1. The average Bonchev–Trinajstić information content (AvgIpc) is 3.05. The number of likely N-dealkylation sites (tertiary alicyclic amines) is 1. The third-order valence-electron chi connectivity index (χ3n) is 4.08. The number of nitrogens with two attached hydrogens (primary N) is 1. The van der Waals surface area contributed by atoms with Gasteiger partial charge in [0.05, 0.1) is 11.7 Å². The van der Waals surface area contributed by atoms with Crippen LogP contribution >= 0.6 is 0 Å². The summed E-state index contributed by atoms with van der Waals surface area (Å²) in [5, 5.41) is 0. The number of carbonyl (C=O) groups excluding carboxylic acids is 2. The van der Waals surface area contributed by atoms with Crippen molar-refractivity contribution in [3.63, 3.8) is 0 Å². The molecular formula is C17H18N4O2. The molecule has 0 bridgehead atoms. The Morgan fingerprint density at radius 1 is 1.30 bits per heavy atom. The van der Waals surface area contributed by atoms with Crippen molar-refractivity contribution in [2.75, 3.05) is 6.54 Å². The lowest BCUT2D eigenvalue weighted by molar-refractivity contribution is -0.129. The molecule has 6 heteroatoms. The summed E-state index contributed by atoms with van der Waals surface area (Å²) in [7, 11) is 0. The summed E-state index contributed by atoms with van der Waals surface area (Å²) in [4.78, 5) is 33.8. The molecule has 1 saturated heterocycles. The molecule has 3 rings (SSSR count). The lowest BCUT2D eigenvalue weighted by atomic mass is 10.1. The third kappa shape index (κ3) is 3.06. The van der Waals surface area contributed by atoms with Gasteiger partial charge in [0, 0.05) is 30.8 Å². The van der Waals surface area contributed by atoms with Crippen LogP contribution < -0.4 is 5.73 Å². The minimum Gasteiger partial charge on any atom is -0.366 e. The van der Waals surface area contributed by atoms with Crippen LogP contribution in [-0.4, -0.2) is 33.2 Å². The van der Waals surface area contributed by atoms with Gasteiger partial charge in [-0.2, -0.15) is 0 Å². The molecule has 1 atom stereocenters. The summed E-state index contributed by atoms with van der Waals surface area (Å²) < 4.78 is 0. The Labute approximate surface area is 134 Å². The molecular weight excluding hydrogens is 292 g/mol. The largest absolute Gasteiger partial charge is 0.366 e. The van der Waals surface area contributed by atoms with Crippen molar-refractivity contribution in [3.8, 4) is 11.4 Å². The molecule has 6 nitrogen and oxygen atoms in total. The second-order valence-electron chi connectivity index (χ2n) is 5.62. The predicted molar refractivity (Wildman–Crippen MR) is 85.3 cm³/mol. The standard InChI is InChI=1S/C17H18N4O2/c1-11(22)21-9-3-6-15(21)14-7-8-19-17(20-14)13-5-2-4-12(10-13)16(18)23/h2,4-5,7-8,10,15H,3,6,9H2,1H3,(H2,18,23)/t15-/m1/s1. The van der Waals surface area contributed by atoms with Gasteiger partial charge in [0.15, 0.2) is 5.82 Å². The van der Waals surface area contributed by atoms with Crippen LogP contribution in [0.5, 0.6) is 0 Å². The van der Waals surface area contributed by atoms with Gasteiger partial charge in [0.25, 0.3) is 0 Å². The van der Waals surface area contributed by atoms with Crippen LogP contribution in [0.15, 0.2) is 36.5 Å². The highest BCUT2D eigenvalue weighted by atomic mass is 16.2. The van der Waals surface area contributed by atoms with Crippen molar-refractivity contribution < 1.29 is 9.59 Å². The molecule has 0 spiro atoms. The molecule has 118 valence electrons. The number of hydrogen-bond donors (Lipinski definition) is 1. The highest BCUT2D eigenvalue weighted by molar-refractivity contribution is 5.93. The maximum absolute atomic E-state index is 11.7. The number of benzene rings is 1. The Bertz CT molecular complexity index is 760. The first kappa shape index (κ1) is 15.1. The number of amides is 2. The molecule has 1 aliphatic rings. The molecule has 0 radical (unpaired) electrons. The SMILES string of the molecule is CC(=O)N1CCC[C@@H]1c1ccnc(-c2cccc(C(N)=O)c2)n1. The van der Waals surface area contributed by atoms with Crippen molar-refractivity contribution in [3.05, 3.63) is 47.8 Å². The van der Waals surface area contributed by atoms with E-state index < -0.39 is 5.91 Å². The Balaban J connectivity index is 1.95. The third-order valence-corrected chi connectivity index (χ3v) is 4.08. The maximum atomic E-state index is 11.7. The lowest BCUT2D eigenvalue weighted by Gasteiger charge is -2.22. The maximum Gasteiger partial charge on any atom is 0.248 e. The molecule has 2 aromatic rings. The van der Waals surface area contributed by atoms with Crippen molar-refractivity contribution in [2.45, 2.75) is 25.8 Å². The van der Waals surface area contributed by atoms with E-state index in [4.69, 9.17) is 5.73 Å². The second kappa shape index (κ2) is 6.16. The Kier molecular flexibility index (Phi) is 4.06. The fourth-order valence-electron chi connectivity index (χ4n) is 2.96. The number of carbonyl (C=O) groups is 2. The quantitative estimate of drug-likeness (QED) is 0.938. The monoisotopic (exact) mass is 310 g/mol. The van der Waals surface area contributed by atoms with E-state index in [1.54, 1.807) is 31.3 Å². The van der Waals surface area contributed by atoms with E-state index in [0.717, 1.165) is 30.6 Å². The van der Waals surface area contributed by atoms with Gasteiger partial charge in [-0.15, -0.1) is 0 Å². The zero-order chi connectivity index (χ0) is 16.4. The highest BCUT2D eigenvalue weighted by Crippen LogP contribution is 2.31. The van der Waals surface area contributed by atoms with E-state index in [1.807, 2.05) is 17.0 Å². The van der Waals surface area contributed by atoms with Gasteiger partial charge in [0.1, 0.15) is 0 Å². The first-order valence-corrected chi connectivity index (χ1v) is 7.56. The topological polar surface area (TPSA) is 89.2 Å². The van der Waals surface area contributed by atoms with Gasteiger partial charge in [-0.3, -0.25) is 9.59 Å². The van der Waals surface area contributed by atoms with Crippen LogP contribution in [0.3, 0.4) is 0 Å². The highest BCUT2D eigenvalue weighted by Gasteiger charge is 2.29. The predicted octanol–water partition coefficient (Wildman–Crippen LogP) is 1.93. The van der Waals surface area contributed by atoms with Crippen LogP contribution in [0.25, 0.3) is 11.4 Å². The molecule has 0 saturated carbocycles. The van der Waals surface area contributed by atoms with Gasteiger partial charge >= 0.3 is 0 Å². The average molecular weight is 310 g/mol. The molecule has 23 heavy (non-hydrogen) atoms. The molecule has 1 aliphatic heterocycles. The first-order valence-electron chi connectivity index (χ1n) is 7.56. The van der Waals surface area contributed by atoms with Crippen LogP contribution in [0.2, 0.25) is 0 Å². The molecule has 0 aliphatic carbocycles. The zero-order valence-corrected chi connectivity index (χ0v) is 12.9. The van der Waals surface area contributed by atoms with Gasteiger partial charge in [-0.25, -0.2) is 9.97 Å². The lowest BCUT2D eigenvalue weighted by Crippen LogP contribution is -2.28. The van der Waals surface area contributed by atoms with Crippen molar-refractivity contribution in [2.24, 2.45) is 5.73 Å². The molecule has 1 aromatic carbocycles. The van der Waals surface area contributed by atoms with Crippen LogP contribution in [-0.2, 0) is 4.79 Å². The summed E-state index contributed by atoms with van der Waals surface area (Å²) in [5.41, 5.74) is 7.30. The minimum atomic E-state index is -0.485. The van der Waals surface area contributed by atoms with E-state index in [0.29, 0.717) is 11.4 Å². The number of nitrogens with zero attached hydrogens (tertiary/aromatic N) is 3. The van der Waals surface area contributed by atoms with E-state index in [9.17, 15) is 9.59 Å². The van der Waals surface area contributed by atoms with Gasteiger partial charge in [-0.05, 0) is 31.0 Å². The molecule has 2 N–H and O–H groups in total. The van der Waals surface area contributed by atoms with Crippen molar-refractivity contribution in [1.82, 2.24) is 14.9 Å². The summed E-state index contributed by atoms with van der Waals surface area (Å²) in [6, 6.07) is 8.76. The zero-order valence-electron chi connectivity index (χ0n) is 12.9. The Morgan fingerprint density at radius 3 is 2.87 bits per heavy atom. The summed E-state index contributed by atoms with van der Waals surface area (Å²) in [6.07, 6.45) is 3.56. The van der Waals surface area contributed by atoms with Crippen molar-refractivity contribution >= 4 is 11.8 Å². The summed E-state index contributed by atoms with van der Waals surface area (Å²) in [6.45, 7) is 2.34. The van der Waals surface area contributed by atoms with E-state index in [-0.39, 0.29) is 11.9 Å². The fraction of sp³-hybridized carbons (Fsp3) is 0.294. The second-order valence-corrected chi connectivity index (χ2v) is 5.62. The molecule has 2 amide bonds. The number of aromatic nitrogens is 2. The van der Waals surface area contributed by atoms with E-state index in [2.05, 4.69) is 9.97 Å². The summed E-state index contributed by atoms with van der Waals surface area (Å²) >= 11 is 0. The molecule has 1 aromatic heterocycles. The Hall–Kier alpha value is -2.76. The minimum absolute atomic E-state index is 0.00595. The van der Waals surface area contributed by atoms with Crippen LogP contribution in [0.4, 0.5) is 0 Å². The normalized spacial score (nSPS) is 17.3. The molecule has 1 fully saturated rings.